The smallest absolute Gasteiger partial charge is 0.260 e. The minimum Gasteiger partial charge on any atom is -0.306 e. The Bertz CT molecular complexity index is 945. The molecule has 112 valence electrons. The van der Waals surface area contributed by atoms with Gasteiger partial charge < -0.3 is 4.98 Å². The minimum absolute atomic E-state index is 0.103. The number of aryl methyl sites for hydroxylation is 2. The largest absolute Gasteiger partial charge is 0.306 e. The maximum Gasteiger partial charge on any atom is 0.260 e. The van der Waals surface area contributed by atoms with Gasteiger partial charge in [-0.15, -0.1) is 11.3 Å². The summed E-state index contributed by atoms with van der Waals surface area (Å²) < 4.78 is 26.9. The Labute approximate surface area is 128 Å². The third-order valence-corrected chi connectivity index (χ3v) is 5.20. The van der Waals surface area contributed by atoms with Crippen molar-refractivity contribution in [3.05, 3.63) is 50.6 Å². The Kier molecular flexibility index (Phi) is 3.07. The summed E-state index contributed by atoms with van der Waals surface area (Å²) in [5.74, 6) is -1.24. The predicted molar refractivity (Wildman–Crippen MR) is 82.2 cm³/mol. The molecule has 22 heavy (non-hydrogen) atoms. The Morgan fingerprint density at radius 2 is 2.00 bits per heavy atom. The second-order valence-corrected chi connectivity index (χ2v) is 6.51. The highest BCUT2D eigenvalue weighted by molar-refractivity contribution is 7.18. The van der Waals surface area contributed by atoms with E-state index < -0.39 is 11.6 Å². The quantitative estimate of drug-likeness (QED) is 0.741. The summed E-state index contributed by atoms with van der Waals surface area (Å²) in [6.45, 7) is 0. The number of benzene rings is 1. The molecule has 0 spiro atoms. The summed E-state index contributed by atoms with van der Waals surface area (Å²) in [6.07, 6.45) is 4.06. The molecular formula is C16H12F2N2OS. The molecule has 0 fully saturated rings. The average molecular weight is 318 g/mol. The number of halogens is 2. The average Bonchev–Trinajstić information content (AvgIpc) is 2.85. The fourth-order valence-corrected chi connectivity index (χ4v) is 4.24. The molecule has 6 heteroatoms. The molecule has 1 aliphatic carbocycles. The fourth-order valence-electron chi connectivity index (χ4n) is 2.97. The fraction of sp³-hybridized carbons (Fsp3) is 0.250. The summed E-state index contributed by atoms with van der Waals surface area (Å²) in [5.41, 5.74) is 0.945. The third kappa shape index (κ3) is 2.06. The number of hydrogen-bond donors (Lipinski definition) is 1. The molecule has 1 aliphatic rings. The van der Waals surface area contributed by atoms with E-state index in [1.54, 1.807) is 0 Å². The van der Waals surface area contributed by atoms with Crippen LogP contribution in [0.15, 0.2) is 23.0 Å². The van der Waals surface area contributed by atoms with E-state index >= 15 is 0 Å². The molecule has 2 heterocycles. The first kappa shape index (κ1) is 13.6. The van der Waals surface area contributed by atoms with E-state index in [4.69, 9.17) is 0 Å². The first-order chi connectivity index (χ1) is 10.6. The van der Waals surface area contributed by atoms with Crippen LogP contribution in [0.25, 0.3) is 21.6 Å². The zero-order valence-electron chi connectivity index (χ0n) is 11.6. The molecule has 0 atom stereocenters. The van der Waals surface area contributed by atoms with Crippen LogP contribution < -0.4 is 5.56 Å². The van der Waals surface area contributed by atoms with Crippen LogP contribution >= 0.6 is 11.3 Å². The third-order valence-electron chi connectivity index (χ3n) is 4.01. The van der Waals surface area contributed by atoms with Gasteiger partial charge in [0.2, 0.25) is 0 Å². The van der Waals surface area contributed by atoms with Crippen molar-refractivity contribution in [1.82, 2.24) is 9.97 Å². The van der Waals surface area contributed by atoms with Gasteiger partial charge in [0.05, 0.1) is 10.9 Å². The molecule has 0 saturated heterocycles. The molecule has 0 saturated carbocycles. The summed E-state index contributed by atoms with van der Waals surface area (Å²) >= 11 is 1.50. The molecule has 0 radical (unpaired) electrons. The van der Waals surface area contributed by atoms with Crippen molar-refractivity contribution in [2.24, 2.45) is 0 Å². The number of aromatic amines is 1. The van der Waals surface area contributed by atoms with E-state index in [9.17, 15) is 13.6 Å². The van der Waals surface area contributed by atoms with Crippen LogP contribution in [-0.2, 0) is 12.8 Å². The normalized spacial score (nSPS) is 14.3. The lowest BCUT2D eigenvalue weighted by atomic mass is 9.97. The van der Waals surface area contributed by atoms with E-state index in [0.29, 0.717) is 10.2 Å². The molecule has 0 aliphatic heterocycles. The second-order valence-electron chi connectivity index (χ2n) is 5.43. The van der Waals surface area contributed by atoms with Crippen molar-refractivity contribution >= 4 is 21.6 Å². The Morgan fingerprint density at radius 3 is 2.82 bits per heavy atom. The van der Waals surface area contributed by atoms with E-state index in [-0.39, 0.29) is 16.9 Å². The number of rotatable bonds is 1. The molecule has 3 aromatic rings. The monoisotopic (exact) mass is 318 g/mol. The number of aromatic nitrogens is 2. The van der Waals surface area contributed by atoms with Crippen LogP contribution in [0.1, 0.15) is 23.3 Å². The number of fused-ring (bicyclic) bond motifs is 3. The Hall–Kier alpha value is -2.08. The summed E-state index contributed by atoms with van der Waals surface area (Å²) in [5, 5.41) is 0.631. The van der Waals surface area contributed by atoms with Gasteiger partial charge in [-0.2, -0.15) is 0 Å². The van der Waals surface area contributed by atoms with Gasteiger partial charge in [-0.3, -0.25) is 4.79 Å². The lowest BCUT2D eigenvalue weighted by Crippen LogP contribution is -2.11. The molecule has 3 nitrogen and oxygen atoms in total. The zero-order valence-corrected chi connectivity index (χ0v) is 12.4. The van der Waals surface area contributed by atoms with Gasteiger partial charge in [0.1, 0.15) is 22.3 Å². The highest BCUT2D eigenvalue weighted by Gasteiger charge is 2.20. The van der Waals surface area contributed by atoms with E-state index in [1.165, 1.54) is 22.3 Å². The van der Waals surface area contributed by atoms with Crippen molar-refractivity contribution in [2.45, 2.75) is 25.7 Å². The van der Waals surface area contributed by atoms with Gasteiger partial charge in [0, 0.05) is 10.9 Å². The molecule has 1 N–H and O–H groups in total. The summed E-state index contributed by atoms with van der Waals surface area (Å²) in [4.78, 5) is 21.3. The number of H-pyrrole nitrogens is 1. The maximum absolute atomic E-state index is 13.9. The lowest BCUT2D eigenvalue weighted by Gasteiger charge is -2.09. The van der Waals surface area contributed by atoms with E-state index in [2.05, 4.69) is 9.97 Å². The van der Waals surface area contributed by atoms with Crippen LogP contribution in [0.4, 0.5) is 8.78 Å². The number of thiophene rings is 1. The van der Waals surface area contributed by atoms with Gasteiger partial charge in [-0.05, 0) is 43.4 Å². The van der Waals surface area contributed by atoms with Crippen LogP contribution in [0.2, 0.25) is 0 Å². The van der Waals surface area contributed by atoms with Crippen molar-refractivity contribution in [3.63, 3.8) is 0 Å². The van der Waals surface area contributed by atoms with Gasteiger partial charge in [-0.1, -0.05) is 0 Å². The molecular weight excluding hydrogens is 306 g/mol. The lowest BCUT2D eigenvalue weighted by molar-refractivity contribution is 0.585. The number of nitrogens with zero attached hydrogens (tertiary/aromatic N) is 1. The van der Waals surface area contributed by atoms with Crippen LogP contribution in [0.3, 0.4) is 0 Å². The SMILES string of the molecule is O=c1[nH]c(-c2ccc(F)cc2F)nc2sc3c(c12)CCCC3. The number of nitrogens with one attached hydrogen (secondary N) is 1. The minimum atomic E-state index is -0.733. The molecule has 4 rings (SSSR count). The highest BCUT2D eigenvalue weighted by Crippen LogP contribution is 2.34. The zero-order chi connectivity index (χ0) is 15.3. The van der Waals surface area contributed by atoms with Crippen LogP contribution in [-0.4, -0.2) is 9.97 Å². The van der Waals surface area contributed by atoms with Gasteiger partial charge in [-0.25, -0.2) is 13.8 Å². The summed E-state index contributed by atoms with van der Waals surface area (Å²) in [6, 6.07) is 3.24. The van der Waals surface area contributed by atoms with Crippen molar-refractivity contribution in [3.8, 4) is 11.4 Å². The first-order valence-corrected chi connectivity index (χ1v) is 7.95. The summed E-state index contributed by atoms with van der Waals surface area (Å²) in [7, 11) is 0. The molecule has 0 amide bonds. The second kappa shape index (κ2) is 4.98. The van der Waals surface area contributed by atoms with Crippen molar-refractivity contribution in [1.29, 1.82) is 0 Å². The predicted octanol–water partition coefficient (Wildman–Crippen LogP) is 3.81. The number of hydrogen-bond acceptors (Lipinski definition) is 3. The van der Waals surface area contributed by atoms with Crippen molar-refractivity contribution < 1.29 is 8.78 Å². The van der Waals surface area contributed by atoms with Crippen LogP contribution in [0.5, 0.6) is 0 Å². The van der Waals surface area contributed by atoms with Gasteiger partial charge in [0.25, 0.3) is 5.56 Å². The first-order valence-electron chi connectivity index (χ1n) is 7.13. The molecule has 2 aromatic heterocycles. The Morgan fingerprint density at radius 1 is 1.18 bits per heavy atom. The molecule has 1 aromatic carbocycles. The van der Waals surface area contributed by atoms with Crippen molar-refractivity contribution in [2.75, 3.05) is 0 Å². The van der Waals surface area contributed by atoms with E-state index in [1.807, 2.05) is 0 Å². The van der Waals surface area contributed by atoms with Crippen LogP contribution in [0, 0.1) is 11.6 Å². The maximum atomic E-state index is 13.9. The standard InChI is InChI=1S/C16H12F2N2OS/c17-8-5-6-9(11(18)7-8)14-19-15(21)13-10-3-1-2-4-12(10)22-16(13)20-14/h5-7H,1-4H2,(H,19,20,21). The molecule has 0 bridgehead atoms. The van der Waals surface area contributed by atoms with Gasteiger partial charge >= 0.3 is 0 Å². The van der Waals surface area contributed by atoms with Gasteiger partial charge in [0.15, 0.2) is 0 Å². The molecule has 0 unspecified atom stereocenters. The Balaban J connectivity index is 1.95. The highest BCUT2D eigenvalue weighted by atomic mass is 32.1. The topological polar surface area (TPSA) is 45.8 Å². The van der Waals surface area contributed by atoms with E-state index in [0.717, 1.165) is 43.4 Å².